The van der Waals surface area contributed by atoms with Crippen molar-refractivity contribution in [3.63, 3.8) is 0 Å². The molecule has 0 spiro atoms. The summed E-state index contributed by atoms with van der Waals surface area (Å²) in [6, 6.07) is 7.46. The maximum Gasteiger partial charge on any atom is 0.282 e. The standard InChI is InChI=1S/C17H25BrN4O3S/c18-15-4-6-16(7-5-15)19-17(23)14-20-10-12-22(13-11-20)26(24,25)21-8-2-1-3-9-21/h4-7H,1-3,8-14H2,(H,19,23)/p+1. The summed E-state index contributed by atoms with van der Waals surface area (Å²) in [6.07, 6.45) is 3.00. The van der Waals surface area contributed by atoms with Gasteiger partial charge >= 0.3 is 0 Å². The number of carbonyl (C=O) groups is 1. The Morgan fingerprint density at radius 2 is 1.58 bits per heavy atom. The molecule has 0 unspecified atom stereocenters. The SMILES string of the molecule is O=C(C[NH+]1CCN(S(=O)(=O)N2CCCCC2)CC1)Nc1ccc(Br)cc1. The number of anilines is 1. The molecular formula is C17H26BrN4O3S+. The van der Waals surface area contributed by atoms with E-state index in [9.17, 15) is 13.2 Å². The molecule has 2 saturated heterocycles. The lowest BCUT2D eigenvalue weighted by atomic mass is 10.2. The Labute approximate surface area is 163 Å². The van der Waals surface area contributed by atoms with E-state index in [1.807, 2.05) is 24.3 Å². The Hall–Kier alpha value is -1.000. The number of carbonyl (C=O) groups excluding carboxylic acids is 1. The van der Waals surface area contributed by atoms with E-state index < -0.39 is 10.2 Å². The molecule has 2 N–H and O–H groups in total. The van der Waals surface area contributed by atoms with E-state index in [0.29, 0.717) is 45.8 Å². The van der Waals surface area contributed by atoms with Gasteiger partial charge in [-0.15, -0.1) is 0 Å². The van der Waals surface area contributed by atoms with E-state index in [2.05, 4.69) is 21.2 Å². The van der Waals surface area contributed by atoms with E-state index in [4.69, 9.17) is 0 Å². The normalized spacial score (nSPS) is 20.8. The average molecular weight is 446 g/mol. The zero-order chi connectivity index (χ0) is 18.6. The minimum absolute atomic E-state index is 0.0466. The van der Waals surface area contributed by atoms with Crippen LogP contribution in [0.15, 0.2) is 28.7 Å². The molecule has 2 aliphatic rings. The van der Waals surface area contributed by atoms with E-state index in [0.717, 1.165) is 34.3 Å². The Bertz CT molecular complexity index is 712. The molecule has 0 atom stereocenters. The van der Waals surface area contributed by atoms with Gasteiger partial charge < -0.3 is 10.2 Å². The molecule has 1 aromatic carbocycles. The summed E-state index contributed by atoms with van der Waals surface area (Å²) in [4.78, 5) is 13.3. The number of halogens is 1. The molecule has 2 fully saturated rings. The molecule has 26 heavy (non-hydrogen) atoms. The second-order valence-corrected chi connectivity index (χ2v) is 9.69. The molecule has 144 valence electrons. The van der Waals surface area contributed by atoms with Gasteiger partial charge in [-0.2, -0.15) is 17.0 Å². The van der Waals surface area contributed by atoms with Crippen LogP contribution in [0.3, 0.4) is 0 Å². The number of hydrogen-bond donors (Lipinski definition) is 2. The van der Waals surface area contributed by atoms with Gasteiger partial charge in [-0.3, -0.25) is 4.79 Å². The third kappa shape index (κ3) is 5.04. The number of rotatable bonds is 5. The molecule has 0 bridgehead atoms. The molecule has 0 radical (unpaired) electrons. The first-order valence-electron chi connectivity index (χ1n) is 9.09. The summed E-state index contributed by atoms with van der Waals surface area (Å²) in [5.41, 5.74) is 0.768. The van der Waals surface area contributed by atoms with Crippen molar-refractivity contribution in [2.75, 3.05) is 51.1 Å². The van der Waals surface area contributed by atoms with E-state index >= 15 is 0 Å². The summed E-state index contributed by atoms with van der Waals surface area (Å²) in [5, 5.41) is 2.89. The van der Waals surface area contributed by atoms with Gasteiger partial charge in [0, 0.05) is 23.2 Å². The number of quaternary nitrogens is 1. The molecule has 9 heteroatoms. The summed E-state index contributed by atoms with van der Waals surface area (Å²) in [7, 11) is -3.34. The number of amides is 1. The van der Waals surface area contributed by atoms with Crippen molar-refractivity contribution in [2.45, 2.75) is 19.3 Å². The van der Waals surface area contributed by atoms with Crippen molar-refractivity contribution in [1.82, 2.24) is 8.61 Å². The molecule has 1 amide bonds. The van der Waals surface area contributed by atoms with Crippen LogP contribution in [0.5, 0.6) is 0 Å². The van der Waals surface area contributed by atoms with Gasteiger partial charge in [-0.05, 0) is 37.1 Å². The molecule has 2 aliphatic heterocycles. The lowest BCUT2D eigenvalue weighted by molar-refractivity contribution is -0.895. The molecule has 3 rings (SSSR count). The predicted molar refractivity (Wildman–Crippen MR) is 104 cm³/mol. The van der Waals surface area contributed by atoms with Crippen LogP contribution in [0.2, 0.25) is 0 Å². The Morgan fingerprint density at radius 1 is 1.00 bits per heavy atom. The highest BCUT2D eigenvalue weighted by molar-refractivity contribution is 9.10. The van der Waals surface area contributed by atoms with Crippen molar-refractivity contribution in [3.8, 4) is 0 Å². The van der Waals surface area contributed by atoms with E-state index in [-0.39, 0.29) is 5.91 Å². The maximum absolute atomic E-state index is 12.7. The number of hydrogen-bond acceptors (Lipinski definition) is 3. The monoisotopic (exact) mass is 445 g/mol. The third-order valence-electron chi connectivity index (χ3n) is 4.94. The number of piperazine rings is 1. The summed E-state index contributed by atoms with van der Waals surface area (Å²) in [6.45, 7) is 3.87. The zero-order valence-electron chi connectivity index (χ0n) is 14.8. The van der Waals surface area contributed by atoms with E-state index in [1.165, 1.54) is 0 Å². The number of nitrogens with zero attached hydrogens (tertiary/aromatic N) is 2. The highest BCUT2D eigenvalue weighted by atomic mass is 79.9. The number of nitrogens with one attached hydrogen (secondary N) is 2. The Morgan fingerprint density at radius 3 is 2.19 bits per heavy atom. The Balaban J connectivity index is 1.47. The fourth-order valence-corrected chi connectivity index (χ4v) is 5.39. The molecule has 2 heterocycles. The molecule has 0 aliphatic carbocycles. The minimum atomic E-state index is -3.34. The first-order chi connectivity index (χ1) is 12.4. The van der Waals surface area contributed by atoms with Crippen LogP contribution in [0.25, 0.3) is 0 Å². The summed E-state index contributed by atoms with van der Waals surface area (Å²) < 4.78 is 29.6. The molecular weight excluding hydrogens is 420 g/mol. The van der Waals surface area contributed by atoms with Crippen molar-refractivity contribution >= 4 is 37.7 Å². The fraction of sp³-hybridized carbons (Fsp3) is 0.588. The molecule has 0 aromatic heterocycles. The molecule has 0 saturated carbocycles. The average Bonchev–Trinajstić information content (AvgIpc) is 2.65. The maximum atomic E-state index is 12.7. The van der Waals surface area contributed by atoms with Gasteiger partial charge in [-0.1, -0.05) is 22.4 Å². The topological polar surface area (TPSA) is 74.2 Å². The van der Waals surface area contributed by atoms with Crippen LogP contribution >= 0.6 is 15.9 Å². The molecule has 7 nitrogen and oxygen atoms in total. The van der Waals surface area contributed by atoms with Crippen molar-refractivity contribution in [3.05, 3.63) is 28.7 Å². The molecule has 1 aromatic rings. The second kappa shape index (κ2) is 8.79. The lowest BCUT2D eigenvalue weighted by Crippen LogP contribution is -3.15. The van der Waals surface area contributed by atoms with Gasteiger partial charge in [-0.25, -0.2) is 0 Å². The first kappa shape index (κ1) is 19.8. The van der Waals surface area contributed by atoms with Gasteiger partial charge in [0.2, 0.25) is 0 Å². The largest absolute Gasteiger partial charge is 0.325 e. The first-order valence-corrected chi connectivity index (χ1v) is 11.3. The van der Waals surface area contributed by atoms with Crippen LogP contribution in [0, 0.1) is 0 Å². The highest BCUT2D eigenvalue weighted by Crippen LogP contribution is 2.16. The second-order valence-electron chi connectivity index (χ2n) is 6.85. The fourth-order valence-electron chi connectivity index (χ4n) is 3.43. The third-order valence-corrected chi connectivity index (χ3v) is 7.50. The Kier molecular flexibility index (Phi) is 6.68. The van der Waals surface area contributed by atoms with Crippen molar-refractivity contribution < 1.29 is 18.1 Å². The minimum Gasteiger partial charge on any atom is -0.325 e. The highest BCUT2D eigenvalue weighted by Gasteiger charge is 2.34. The van der Waals surface area contributed by atoms with Crippen LogP contribution in [-0.4, -0.2) is 68.7 Å². The van der Waals surface area contributed by atoms with Gasteiger partial charge in [0.05, 0.1) is 26.2 Å². The van der Waals surface area contributed by atoms with Crippen LogP contribution in [-0.2, 0) is 15.0 Å². The van der Waals surface area contributed by atoms with Crippen molar-refractivity contribution in [1.29, 1.82) is 0 Å². The summed E-state index contributed by atoms with van der Waals surface area (Å²) in [5.74, 6) is -0.0466. The van der Waals surface area contributed by atoms with Crippen LogP contribution in [0.4, 0.5) is 5.69 Å². The summed E-state index contributed by atoms with van der Waals surface area (Å²) >= 11 is 3.37. The quantitative estimate of drug-likeness (QED) is 0.685. The van der Waals surface area contributed by atoms with E-state index in [1.54, 1.807) is 8.61 Å². The lowest BCUT2D eigenvalue weighted by Gasteiger charge is -2.35. The number of piperidine rings is 1. The van der Waals surface area contributed by atoms with Gasteiger partial charge in [0.25, 0.3) is 16.1 Å². The van der Waals surface area contributed by atoms with Crippen LogP contribution < -0.4 is 10.2 Å². The van der Waals surface area contributed by atoms with Crippen LogP contribution in [0.1, 0.15) is 19.3 Å². The van der Waals surface area contributed by atoms with Gasteiger partial charge in [0.15, 0.2) is 6.54 Å². The predicted octanol–water partition coefficient (Wildman–Crippen LogP) is 0.319. The van der Waals surface area contributed by atoms with Crippen molar-refractivity contribution in [2.24, 2.45) is 0 Å². The zero-order valence-corrected chi connectivity index (χ0v) is 17.2. The smallest absolute Gasteiger partial charge is 0.282 e. The van der Waals surface area contributed by atoms with Gasteiger partial charge in [0.1, 0.15) is 0 Å². The number of benzene rings is 1.